The molecule has 1 unspecified atom stereocenters. The SMILES string of the molecule is CC#C[C@@H]1CC[C@H]2[C@@H]3CCC4CCCCC4=C3CC[C@]12CO. The summed E-state index contributed by atoms with van der Waals surface area (Å²) in [4.78, 5) is 0. The second-order valence-electron chi connectivity index (χ2n) is 8.20. The Hall–Kier alpha value is -0.740. The smallest absolute Gasteiger partial charge is 0.0502 e. The van der Waals surface area contributed by atoms with Crippen LogP contribution in [0, 0.1) is 40.9 Å². The fourth-order valence-corrected chi connectivity index (χ4v) is 6.61. The van der Waals surface area contributed by atoms with Gasteiger partial charge in [-0.15, -0.1) is 5.92 Å². The Morgan fingerprint density at radius 3 is 2.77 bits per heavy atom. The van der Waals surface area contributed by atoms with E-state index in [2.05, 4.69) is 11.8 Å². The van der Waals surface area contributed by atoms with Crippen LogP contribution in [0.4, 0.5) is 0 Å². The molecule has 1 heteroatoms. The Kier molecular flexibility index (Phi) is 3.85. The average Bonchev–Trinajstić information content (AvgIpc) is 2.94. The molecular weight excluding hydrogens is 268 g/mol. The molecule has 1 nitrogen and oxygen atoms in total. The lowest BCUT2D eigenvalue weighted by atomic mass is 9.54. The van der Waals surface area contributed by atoms with Gasteiger partial charge >= 0.3 is 0 Å². The van der Waals surface area contributed by atoms with Crippen molar-refractivity contribution in [3.05, 3.63) is 11.1 Å². The highest BCUT2D eigenvalue weighted by atomic mass is 16.3. The van der Waals surface area contributed by atoms with Gasteiger partial charge in [-0.1, -0.05) is 23.5 Å². The largest absolute Gasteiger partial charge is 0.396 e. The van der Waals surface area contributed by atoms with E-state index in [4.69, 9.17) is 0 Å². The molecule has 1 N–H and O–H groups in total. The van der Waals surface area contributed by atoms with Crippen LogP contribution in [0.2, 0.25) is 0 Å². The molecule has 0 aliphatic heterocycles. The number of allylic oxidation sites excluding steroid dienone is 2. The summed E-state index contributed by atoms with van der Waals surface area (Å²) < 4.78 is 0. The highest BCUT2D eigenvalue weighted by Gasteiger charge is 2.55. The Morgan fingerprint density at radius 1 is 1.05 bits per heavy atom. The predicted molar refractivity (Wildman–Crippen MR) is 90.1 cm³/mol. The Bertz CT molecular complexity index is 534. The maximum Gasteiger partial charge on any atom is 0.0502 e. The van der Waals surface area contributed by atoms with Crippen molar-refractivity contribution in [1.82, 2.24) is 0 Å². The minimum atomic E-state index is 0.124. The van der Waals surface area contributed by atoms with Crippen LogP contribution in [0.25, 0.3) is 0 Å². The molecule has 4 aliphatic rings. The van der Waals surface area contributed by atoms with Crippen LogP contribution in [0.3, 0.4) is 0 Å². The Morgan fingerprint density at radius 2 is 1.95 bits per heavy atom. The molecule has 120 valence electrons. The molecule has 0 spiro atoms. The first kappa shape index (κ1) is 14.8. The third-order valence-electron chi connectivity index (χ3n) is 7.58. The summed E-state index contributed by atoms with van der Waals surface area (Å²) in [5.41, 5.74) is 3.85. The van der Waals surface area contributed by atoms with Crippen LogP contribution >= 0.6 is 0 Å². The third kappa shape index (κ3) is 2.03. The van der Waals surface area contributed by atoms with Gasteiger partial charge in [-0.25, -0.2) is 0 Å². The molecule has 0 heterocycles. The molecule has 0 radical (unpaired) electrons. The van der Waals surface area contributed by atoms with Crippen molar-refractivity contribution in [3.8, 4) is 11.8 Å². The quantitative estimate of drug-likeness (QED) is 0.549. The number of fused-ring (bicyclic) bond motifs is 4. The van der Waals surface area contributed by atoms with E-state index in [1.807, 2.05) is 18.1 Å². The Balaban J connectivity index is 1.69. The highest BCUT2D eigenvalue weighted by Crippen LogP contribution is 2.62. The van der Waals surface area contributed by atoms with E-state index in [0.29, 0.717) is 18.4 Å². The molecule has 4 rings (SSSR count). The van der Waals surface area contributed by atoms with Crippen molar-refractivity contribution >= 4 is 0 Å². The molecule has 0 aromatic heterocycles. The standard InChI is InChI=1S/C21H30O/c1-2-5-16-9-11-20-19-10-8-15-6-3-4-7-17(15)18(19)12-13-21(16,20)14-22/h15-16,19-20,22H,3-4,6-14H2,1H3/t15?,16-,19-,20+,21+/m1/s1. The number of aliphatic hydroxyl groups excluding tert-OH is 1. The lowest BCUT2D eigenvalue weighted by molar-refractivity contribution is 0.00757. The van der Waals surface area contributed by atoms with Crippen molar-refractivity contribution < 1.29 is 5.11 Å². The van der Waals surface area contributed by atoms with E-state index >= 15 is 0 Å². The topological polar surface area (TPSA) is 20.2 Å². The van der Waals surface area contributed by atoms with Gasteiger partial charge in [0.15, 0.2) is 0 Å². The number of rotatable bonds is 1. The van der Waals surface area contributed by atoms with Crippen molar-refractivity contribution in [2.75, 3.05) is 6.61 Å². The number of hydrogen-bond acceptors (Lipinski definition) is 1. The normalized spacial score (nSPS) is 43.7. The molecular formula is C21H30O. The van der Waals surface area contributed by atoms with E-state index in [1.165, 1.54) is 64.2 Å². The fraction of sp³-hybridized carbons (Fsp3) is 0.810. The van der Waals surface area contributed by atoms with Gasteiger partial charge in [0.25, 0.3) is 0 Å². The minimum absolute atomic E-state index is 0.124. The van der Waals surface area contributed by atoms with Crippen molar-refractivity contribution in [2.45, 2.75) is 71.1 Å². The predicted octanol–water partition coefficient (Wildman–Crippen LogP) is 4.71. The van der Waals surface area contributed by atoms with Crippen molar-refractivity contribution in [2.24, 2.45) is 29.1 Å². The molecule has 0 aromatic carbocycles. The van der Waals surface area contributed by atoms with E-state index in [-0.39, 0.29) is 5.41 Å². The molecule has 0 amide bonds. The zero-order chi connectivity index (χ0) is 15.2. The molecule has 5 atom stereocenters. The first-order chi connectivity index (χ1) is 10.8. The molecule has 3 fully saturated rings. The fourth-order valence-electron chi connectivity index (χ4n) is 6.61. The second-order valence-corrected chi connectivity index (χ2v) is 8.20. The van der Waals surface area contributed by atoms with Crippen LogP contribution in [-0.4, -0.2) is 11.7 Å². The van der Waals surface area contributed by atoms with E-state index in [0.717, 1.165) is 11.8 Å². The van der Waals surface area contributed by atoms with Crippen molar-refractivity contribution in [1.29, 1.82) is 0 Å². The first-order valence-corrected chi connectivity index (χ1v) is 9.55. The molecule has 22 heavy (non-hydrogen) atoms. The summed E-state index contributed by atoms with van der Waals surface area (Å²) >= 11 is 0. The van der Waals surface area contributed by atoms with Gasteiger partial charge in [0, 0.05) is 11.3 Å². The first-order valence-electron chi connectivity index (χ1n) is 9.55. The second kappa shape index (κ2) is 5.72. The lowest BCUT2D eigenvalue weighted by Gasteiger charge is -2.50. The van der Waals surface area contributed by atoms with Gasteiger partial charge in [0.1, 0.15) is 0 Å². The zero-order valence-corrected chi connectivity index (χ0v) is 14.0. The lowest BCUT2D eigenvalue weighted by Crippen LogP contribution is -2.44. The average molecular weight is 298 g/mol. The molecule has 4 aliphatic carbocycles. The maximum absolute atomic E-state index is 10.3. The van der Waals surface area contributed by atoms with Gasteiger partial charge in [0.2, 0.25) is 0 Å². The zero-order valence-electron chi connectivity index (χ0n) is 14.0. The van der Waals surface area contributed by atoms with Crippen molar-refractivity contribution in [3.63, 3.8) is 0 Å². The van der Waals surface area contributed by atoms with Crippen LogP contribution in [0.5, 0.6) is 0 Å². The van der Waals surface area contributed by atoms with E-state index in [9.17, 15) is 5.11 Å². The molecule has 0 bridgehead atoms. The molecule has 0 saturated heterocycles. The maximum atomic E-state index is 10.3. The van der Waals surface area contributed by atoms with Gasteiger partial charge in [-0.05, 0) is 82.5 Å². The summed E-state index contributed by atoms with van der Waals surface area (Å²) in [5.74, 6) is 9.48. The van der Waals surface area contributed by atoms with E-state index < -0.39 is 0 Å². The Labute approximate surface area is 135 Å². The summed E-state index contributed by atoms with van der Waals surface area (Å²) in [6.07, 6.45) is 13.5. The van der Waals surface area contributed by atoms with Crippen LogP contribution in [-0.2, 0) is 0 Å². The monoisotopic (exact) mass is 298 g/mol. The summed E-state index contributed by atoms with van der Waals surface area (Å²) in [6, 6.07) is 0. The molecule has 0 aromatic rings. The third-order valence-corrected chi connectivity index (χ3v) is 7.58. The van der Waals surface area contributed by atoms with E-state index in [1.54, 1.807) is 0 Å². The summed E-state index contributed by atoms with van der Waals surface area (Å²) in [5, 5.41) is 10.3. The number of aliphatic hydroxyl groups is 1. The van der Waals surface area contributed by atoms with Crippen LogP contribution in [0.1, 0.15) is 71.1 Å². The summed E-state index contributed by atoms with van der Waals surface area (Å²) in [6.45, 7) is 2.32. The summed E-state index contributed by atoms with van der Waals surface area (Å²) in [7, 11) is 0. The minimum Gasteiger partial charge on any atom is -0.396 e. The van der Waals surface area contributed by atoms with Gasteiger partial charge in [-0.3, -0.25) is 0 Å². The van der Waals surface area contributed by atoms with Gasteiger partial charge in [0.05, 0.1) is 6.61 Å². The number of hydrogen-bond donors (Lipinski definition) is 1. The van der Waals surface area contributed by atoms with Gasteiger partial charge in [-0.2, -0.15) is 0 Å². The molecule has 3 saturated carbocycles. The van der Waals surface area contributed by atoms with Crippen LogP contribution in [0.15, 0.2) is 11.1 Å². The van der Waals surface area contributed by atoms with Gasteiger partial charge < -0.3 is 5.11 Å². The van der Waals surface area contributed by atoms with Crippen LogP contribution < -0.4 is 0 Å². The highest BCUT2D eigenvalue weighted by molar-refractivity contribution is 5.30.